The molecule has 15 heavy (non-hydrogen) atoms. The van der Waals surface area contributed by atoms with E-state index in [-0.39, 0.29) is 0 Å². The van der Waals surface area contributed by atoms with Gasteiger partial charge in [-0.2, -0.15) is 0 Å². The van der Waals surface area contributed by atoms with Gasteiger partial charge in [0.15, 0.2) is 0 Å². The molecule has 0 fully saturated rings. The van der Waals surface area contributed by atoms with Crippen LogP contribution in [0.5, 0.6) is 0 Å². The molecule has 0 aromatic heterocycles. The molecule has 2 heteroatoms. The van der Waals surface area contributed by atoms with Gasteiger partial charge in [-0.3, -0.25) is 4.99 Å². The van der Waals surface area contributed by atoms with E-state index in [1.165, 1.54) is 5.57 Å². The van der Waals surface area contributed by atoms with Crippen molar-refractivity contribution in [2.24, 2.45) is 4.99 Å². The zero-order chi connectivity index (χ0) is 11.7. The maximum Gasteiger partial charge on any atom is 0.123 e. The van der Waals surface area contributed by atoms with Crippen molar-refractivity contribution in [2.45, 2.75) is 27.2 Å². The van der Waals surface area contributed by atoms with Crippen LogP contribution in [0.1, 0.15) is 27.2 Å². The second kappa shape index (κ2) is 7.92. The van der Waals surface area contributed by atoms with E-state index in [2.05, 4.69) is 4.99 Å². The third kappa shape index (κ3) is 5.78. The van der Waals surface area contributed by atoms with Gasteiger partial charge in [0, 0.05) is 13.5 Å². The Balaban J connectivity index is 4.81. The molecule has 0 aliphatic rings. The predicted octanol–water partition coefficient (Wildman–Crippen LogP) is 3.11. The maximum atomic E-state index is 10.2. The summed E-state index contributed by atoms with van der Waals surface area (Å²) in [6, 6.07) is 0. The van der Waals surface area contributed by atoms with Gasteiger partial charge in [0.25, 0.3) is 0 Å². The molecule has 0 bridgehead atoms. The molecule has 0 aromatic carbocycles. The molecule has 0 saturated carbocycles. The summed E-state index contributed by atoms with van der Waals surface area (Å²) in [6.45, 7) is 6.03. The minimum Gasteiger partial charge on any atom is -0.303 e. The molecule has 0 atom stereocenters. The van der Waals surface area contributed by atoms with Gasteiger partial charge in [0.2, 0.25) is 0 Å². The van der Waals surface area contributed by atoms with Crippen molar-refractivity contribution in [3.05, 3.63) is 35.5 Å². The van der Waals surface area contributed by atoms with Gasteiger partial charge in [-0.05, 0) is 32.4 Å². The van der Waals surface area contributed by atoms with E-state index in [1.807, 2.05) is 45.1 Å². The molecule has 0 aromatic rings. The van der Waals surface area contributed by atoms with Crippen LogP contribution in [0.3, 0.4) is 0 Å². The molecule has 0 spiro atoms. The molecule has 0 radical (unpaired) electrons. The van der Waals surface area contributed by atoms with Crippen LogP contribution in [0, 0.1) is 0 Å². The zero-order valence-corrected chi connectivity index (χ0v) is 9.95. The minimum absolute atomic E-state index is 0.448. The van der Waals surface area contributed by atoms with E-state index in [0.717, 1.165) is 17.6 Å². The molecule has 0 unspecified atom stereocenters. The molecule has 0 rings (SSSR count). The van der Waals surface area contributed by atoms with Crippen molar-refractivity contribution in [3.63, 3.8) is 0 Å². The molecule has 0 amide bonds. The molecule has 82 valence electrons. The molecule has 0 aliphatic heterocycles. The lowest BCUT2D eigenvalue weighted by Gasteiger charge is -2.01. The predicted molar refractivity (Wildman–Crippen MR) is 66.4 cm³/mol. The van der Waals surface area contributed by atoms with E-state index < -0.39 is 0 Å². The second-order valence-corrected chi connectivity index (χ2v) is 3.38. The van der Waals surface area contributed by atoms with Crippen LogP contribution in [0.2, 0.25) is 0 Å². The Morgan fingerprint density at radius 3 is 2.40 bits per heavy atom. The minimum atomic E-state index is 0.448. The summed E-state index contributed by atoms with van der Waals surface area (Å²) in [5.74, 6) is 0. The number of aldehydes is 1. The lowest BCUT2D eigenvalue weighted by molar-refractivity contribution is -0.107. The Kier molecular flexibility index (Phi) is 7.16. The van der Waals surface area contributed by atoms with Crippen molar-refractivity contribution >= 4 is 12.0 Å². The van der Waals surface area contributed by atoms with Crippen LogP contribution < -0.4 is 0 Å². The largest absolute Gasteiger partial charge is 0.303 e. The van der Waals surface area contributed by atoms with Crippen LogP contribution in [-0.4, -0.2) is 19.0 Å². The van der Waals surface area contributed by atoms with Crippen molar-refractivity contribution in [1.29, 1.82) is 0 Å². The van der Waals surface area contributed by atoms with Crippen LogP contribution in [-0.2, 0) is 4.79 Å². The number of hydrogen-bond acceptors (Lipinski definition) is 2. The van der Waals surface area contributed by atoms with E-state index in [0.29, 0.717) is 6.42 Å². The van der Waals surface area contributed by atoms with Gasteiger partial charge < -0.3 is 4.79 Å². The highest BCUT2D eigenvalue weighted by Gasteiger charge is 1.97. The average molecular weight is 205 g/mol. The highest BCUT2D eigenvalue weighted by atomic mass is 16.1. The average Bonchev–Trinajstić information content (AvgIpc) is 2.21. The first-order valence-corrected chi connectivity index (χ1v) is 5.04. The van der Waals surface area contributed by atoms with Gasteiger partial charge >= 0.3 is 0 Å². The Morgan fingerprint density at radius 2 is 2.00 bits per heavy atom. The van der Waals surface area contributed by atoms with Gasteiger partial charge in [0.1, 0.15) is 6.29 Å². The maximum absolute atomic E-state index is 10.2. The molecule has 0 N–H and O–H groups in total. The number of carbonyl (C=O) groups is 1. The number of aliphatic imine (C=N–C) groups is 1. The van der Waals surface area contributed by atoms with Crippen molar-refractivity contribution in [1.82, 2.24) is 0 Å². The fraction of sp³-hybridized carbons (Fsp3) is 0.385. The first-order valence-electron chi connectivity index (χ1n) is 5.04. The number of hydrogen-bond donors (Lipinski definition) is 0. The fourth-order valence-corrected chi connectivity index (χ4v) is 1.13. The molecular formula is C13H19NO. The number of nitrogens with zero attached hydrogens (tertiary/aromatic N) is 1. The van der Waals surface area contributed by atoms with E-state index in [9.17, 15) is 4.79 Å². The highest BCUT2D eigenvalue weighted by Crippen LogP contribution is 2.05. The summed E-state index contributed by atoms with van der Waals surface area (Å²) in [7, 11) is 1.77. The highest BCUT2D eigenvalue weighted by molar-refractivity contribution is 6.10. The van der Waals surface area contributed by atoms with Gasteiger partial charge in [-0.15, -0.1) is 0 Å². The zero-order valence-electron chi connectivity index (χ0n) is 9.95. The molecule has 0 aliphatic carbocycles. The molecule has 0 saturated heterocycles. The van der Waals surface area contributed by atoms with E-state index in [4.69, 9.17) is 0 Å². The monoisotopic (exact) mass is 205 g/mol. The summed E-state index contributed by atoms with van der Waals surface area (Å²) in [6.07, 6.45) is 9.11. The summed E-state index contributed by atoms with van der Waals surface area (Å²) in [5.41, 5.74) is 3.19. The van der Waals surface area contributed by atoms with Crippen LogP contribution in [0.25, 0.3) is 0 Å². The fourth-order valence-electron chi connectivity index (χ4n) is 1.13. The van der Waals surface area contributed by atoms with E-state index >= 15 is 0 Å². The van der Waals surface area contributed by atoms with Gasteiger partial charge in [-0.25, -0.2) is 0 Å². The first-order chi connectivity index (χ1) is 7.15. The Labute approximate surface area is 92.1 Å². The SMILES string of the molecule is C/C=C(\C=C/CC=O)C(C=C(C)C)=NC. The molecule has 2 nitrogen and oxygen atoms in total. The summed E-state index contributed by atoms with van der Waals surface area (Å²) in [5, 5.41) is 0. The van der Waals surface area contributed by atoms with Gasteiger partial charge in [-0.1, -0.05) is 23.8 Å². The standard InChI is InChI=1S/C13H19NO/c1-5-12(8-6-7-9-15)13(14-4)10-11(2)3/h5-6,8-10H,7H2,1-4H3/b8-6-,12-5+,14-13?. The molecular weight excluding hydrogens is 186 g/mol. The summed E-state index contributed by atoms with van der Waals surface area (Å²) in [4.78, 5) is 14.4. The van der Waals surface area contributed by atoms with Crippen LogP contribution in [0.15, 0.2) is 40.4 Å². The quantitative estimate of drug-likeness (QED) is 0.385. The van der Waals surface area contributed by atoms with Crippen LogP contribution in [0.4, 0.5) is 0 Å². The smallest absolute Gasteiger partial charge is 0.123 e. The number of carbonyl (C=O) groups excluding carboxylic acids is 1. The van der Waals surface area contributed by atoms with Gasteiger partial charge in [0.05, 0.1) is 5.71 Å². The Bertz CT molecular complexity index is 315. The third-order valence-electron chi connectivity index (χ3n) is 1.80. The summed E-state index contributed by atoms with van der Waals surface area (Å²) < 4.78 is 0. The normalized spacial score (nSPS) is 13.1. The Morgan fingerprint density at radius 1 is 1.33 bits per heavy atom. The van der Waals surface area contributed by atoms with Crippen LogP contribution >= 0.6 is 0 Å². The van der Waals surface area contributed by atoms with Crippen molar-refractivity contribution < 1.29 is 4.79 Å². The lowest BCUT2D eigenvalue weighted by atomic mass is 10.1. The molecule has 0 heterocycles. The van der Waals surface area contributed by atoms with Crippen molar-refractivity contribution in [3.8, 4) is 0 Å². The number of rotatable bonds is 5. The second-order valence-electron chi connectivity index (χ2n) is 3.38. The Hall–Kier alpha value is -1.44. The number of allylic oxidation sites excluding steroid dienone is 6. The lowest BCUT2D eigenvalue weighted by Crippen LogP contribution is -1.97. The van der Waals surface area contributed by atoms with E-state index in [1.54, 1.807) is 7.05 Å². The summed E-state index contributed by atoms with van der Waals surface area (Å²) >= 11 is 0. The third-order valence-corrected chi connectivity index (χ3v) is 1.80. The van der Waals surface area contributed by atoms with Crippen molar-refractivity contribution in [2.75, 3.05) is 7.05 Å². The topological polar surface area (TPSA) is 29.4 Å². The first kappa shape index (κ1) is 13.6.